The number of hydrogen-bond acceptors (Lipinski definition) is 4. The fraction of sp³-hybridized carbons (Fsp3) is 0.269. The number of para-hydroxylation sites is 1. The van der Waals surface area contributed by atoms with Crippen LogP contribution in [0.4, 0.5) is 5.69 Å². The van der Waals surface area contributed by atoms with E-state index in [1.807, 2.05) is 48.5 Å². The molecule has 1 atom stereocenters. The Hall–Kier alpha value is -3.02. The van der Waals surface area contributed by atoms with Gasteiger partial charge < -0.3 is 14.2 Å². The van der Waals surface area contributed by atoms with Crippen LogP contribution in [0, 0.1) is 5.92 Å². The van der Waals surface area contributed by atoms with Crippen LogP contribution in [0.25, 0.3) is 11.0 Å². The summed E-state index contributed by atoms with van der Waals surface area (Å²) in [5, 5.41) is 4.62. The summed E-state index contributed by atoms with van der Waals surface area (Å²) in [6.07, 6.45) is 3.74. The Morgan fingerprint density at radius 2 is 1.81 bits per heavy atom. The topological polar surface area (TPSA) is 58.6 Å². The molecule has 0 aliphatic carbocycles. The Morgan fingerprint density at radius 3 is 2.53 bits per heavy atom. The zero-order valence-electron chi connectivity index (χ0n) is 17.9. The van der Waals surface area contributed by atoms with Crippen LogP contribution >= 0.6 is 11.6 Å². The number of halogens is 1. The molecular formula is C26H25ClN2O3. The van der Waals surface area contributed by atoms with Gasteiger partial charge in [0.15, 0.2) is 5.76 Å². The minimum atomic E-state index is -0.301. The van der Waals surface area contributed by atoms with Crippen molar-refractivity contribution in [2.75, 3.05) is 18.4 Å². The van der Waals surface area contributed by atoms with E-state index < -0.39 is 0 Å². The second-order valence-corrected chi connectivity index (χ2v) is 8.88. The van der Waals surface area contributed by atoms with E-state index in [9.17, 15) is 4.79 Å². The van der Waals surface area contributed by atoms with E-state index in [2.05, 4.69) is 17.1 Å². The molecule has 2 aromatic heterocycles. The molecule has 1 aliphatic heterocycles. The molecule has 6 heteroatoms. The molecule has 32 heavy (non-hydrogen) atoms. The predicted octanol–water partition coefficient (Wildman–Crippen LogP) is 6.75. The van der Waals surface area contributed by atoms with E-state index in [0.29, 0.717) is 16.6 Å². The van der Waals surface area contributed by atoms with Gasteiger partial charge >= 0.3 is 0 Å². The molecule has 1 fully saturated rings. The molecule has 4 aromatic rings. The highest BCUT2D eigenvalue weighted by Gasteiger charge is 2.32. The molecule has 164 valence electrons. The summed E-state index contributed by atoms with van der Waals surface area (Å²) < 4.78 is 11.7. The van der Waals surface area contributed by atoms with Crippen molar-refractivity contribution in [1.29, 1.82) is 0 Å². The molecule has 1 saturated heterocycles. The number of piperidine rings is 1. The summed E-state index contributed by atoms with van der Waals surface area (Å²) in [6.45, 7) is 4.21. The minimum absolute atomic E-state index is 0.140. The van der Waals surface area contributed by atoms with Gasteiger partial charge in [0.2, 0.25) is 0 Å². The normalized spacial score (nSPS) is 16.3. The summed E-state index contributed by atoms with van der Waals surface area (Å²) in [7, 11) is 0. The fourth-order valence-corrected chi connectivity index (χ4v) is 4.55. The molecule has 1 aliphatic rings. The Balaban J connectivity index is 1.63. The smallest absolute Gasteiger partial charge is 0.291 e. The van der Waals surface area contributed by atoms with Crippen molar-refractivity contribution in [3.63, 3.8) is 0 Å². The molecule has 1 N–H and O–H groups in total. The molecule has 0 unspecified atom stereocenters. The van der Waals surface area contributed by atoms with Gasteiger partial charge in [0, 0.05) is 10.4 Å². The Labute approximate surface area is 192 Å². The lowest BCUT2D eigenvalue weighted by atomic mass is 9.94. The summed E-state index contributed by atoms with van der Waals surface area (Å²) in [4.78, 5) is 15.3. The Bertz CT molecular complexity index is 1210. The third-order valence-electron chi connectivity index (χ3n) is 6.22. The van der Waals surface area contributed by atoms with Crippen LogP contribution < -0.4 is 5.32 Å². The summed E-state index contributed by atoms with van der Waals surface area (Å²) >= 11 is 6.18. The third kappa shape index (κ3) is 4.06. The van der Waals surface area contributed by atoms with Gasteiger partial charge in [-0.25, -0.2) is 0 Å². The minimum Gasteiger partial charge on any atom is -0.459 e. The molecule has 1 amide bonds. The molecule has 0 radical (unpaired) electrons. The first-order chi connectivity index (χ1) is 15.6. The number of nitrogens with one attached hydrogen (secondary N) is 1. The lowest BCUT2D eigenvalue weighted by molar-refractivity contribution is 0.0995. The number of anilines is 1. The summed E-state index contributed by atoms with van der Waals surface area (Å²) in [5.41, 5.74) is 2.50. The number of likely N-dealkylation sites (tertiary alicyclic amines) is 1. The standard InChI is InChI=1S/C26H25ClN2O3/c1-17-12-14-29(15-13-17)24(18-8-10-19(27)11-9-18)25-23(20-5-2-3-6-21(20)32-25)28-26(30)22-7-4-16-31-22/h2-11,16-17,24H,12-15H2,1H3,(H,28,30)/t24-/m1/s1. The van der Waals surface area contributed by atoms with Crippen LogP contribution in [0.1, 0.15) is 47.7 Å². The van der Waals surface area contributed by atoms with Crippen LogP contribution in [0.15, 0.2) is 75.8 Å². The van der Waals surface area contributed by atoms with Gasteiger partial charge in [-0.2, -0.15) is 0 Å². The molecule has 5 rings (SSSR count). The van der Waals surface area contributed by atoms with Crippen molar-refractivity contribution in [2.24, 2.45) is 5.92 Å². The largest absolute Gasteiger partial charge is 0.459 e. The lowest BCUT2D eigenvalue weighted by Crippen LogP contribution is -2.37. The monoisotopic (exact) mass is 448 g/mol. The van der Waals surface area contributed by atoms with Crippen molar-refractivity contribution < 1.29 is 13.6 Å². The molecule has 3 heterocycles. The first kappa shape index (κ1) is 20.9. The number of amides is 1. The first-order valence-electron chi connectivity index (χ1n) is 11.0. The van der Waals surface area contributed by atoms with Crippen molar-refractivity contribution >= 4 is 34.2 Å². The maximum Gasteiger partial charge on any atom is 0.291 e. The zero-order valence-corrected chi connectivity index (χ0v) is 18.6. The zero-order chi connectivity index (χ0) is 22.1. The van der Waals surface area contributed by atoms with E-state index in [0.717, 1.165) is 48.2 Å². The average Bonchev–Trinajstić information content (AvgIpc) is 3.46. The van der Waals surface area contributed by atoms with Gasteiger partial charge in [-0.15, -0.1) is 0 Å². The first-order valence-corrected chi connectivity index (χ1v) is 11.3. The molecule has 2 aromatic carbocycles. The maximum atomic E-state index is 12.9. The van der Waals surface area contributed by atoms with Crippen LogP contribution in [-0.4, -0.2) is 23.9 Å². The van der Waals surface area contributed by atoms with E-state index >= 15 is 0 Å². The van der Waals surface area contributed by atoms with Crippen LogP contribution in [0.5, 0.6) is 0 Å². The van der Waals surface area contributed by atoms with Crippen molar-refractivity contribution in [3.8, 4) is 0 Å². The number of carbonyl (C=O) groups is 1. The third-order valence-corrected chi connectivity index (χ3v) is 6.48. The fourth-order valence-electron chi connectivity index (χ4n) is 4.43. The number of hydrogen-bond donors (Lipinski definition) is 1. The highest BCUT2D eigenvalue weighted by atomic mass is 35.5. The van der Waals surface area contributed by atoms with E-state index in [1.54, 1.807) is 12.1 Å². The average molecular weight is 449 g/mol. The van der Waals surface area contributed by atoms with Gasteiger partial charge in [-0.3, -0.25) is 9.69 Å². The van der Waals surface area contributed by atoms with E-state index in [-0.39, 0.29) is 17.7 Å². The van der Waals surface area contributed by atoms with Gasteiger partial charge in [-0.1, -0.05) is 42.8 Å². The van der Waals surface area contributed by atoms with Crippen molar-refractivity contribution in [3.05, 3.63) is 89.0 Å². The van der Waals surface area contributed by atoms with Gasteiger partial charge in [0.25, 0.3) is 5.91 Å². The Morgan fingerprint density at radius 1 is 1.06 bits per heavy atom. The van der Waals surface area contributed by atoms with E-state index in [1.165, 1.54) is 6.26 Å². The number of benzene rings is 2. The summed E-state index contributed by atoms with van der Waals surface area (Å²) in [6, 6.07) is 18.9. The molecular weight excluding hydrogens is 424 g/mol. The SMILES string of the molecule is CC1CCN([C@H](c2ccc(Cl)cc2)c2oc3ccccc3c2NC(=O)c2ccco2)CC1. The van der Waals surface area contributed by atoms with Gasteiger partial charge in [-0.05, 0) is 73.8 Å². The maximum absolute atomic E-state index is 12.9. The number of nitrogens with zero attached hydrogens (tertiary/aromatic N) is 1. The number of furan rings is 2. The predicted molar refractivity (Wildman–Crippen MR) is 126 cm³/mol. The number of carbonyl (C=O) groups excluding carboxylic acids is 1. The van der Waals surface area contributed by atoms with Crippen LogP contribution in [0.3, 0.4) is 0 Å². The van der Waals surface area contributed by atoms with E-state index in [4.69, 9.17) is 20.4 Å². The van der Waals surface area contributed by atoms with Crippen LogP contribution in [0.2, 0.25) is 5.02 Å². The second-order valence-electron chi connectivity index (χ2n) is 8.44. The molecule has 0 spiro atoms. The van der Waals surface area contributed by atoms with Crippen molar-refractivity contribution in [1.82, 2.24) is 4.90 Å². The van der Waals surface area contributed by atoms with Gasteiger partial charge in [0.05, 0.1) is 18.0 Å². The quantitative estimate of drug-likeness (QED) is 0.366. The van der Waals surface area contributed by atoms with Crippen LogP contribution in [-0.2, 0) is 0 Å². The number of fused-ring (bicyclic) bond motifs is 1. The number of rotatable bonds is 5. The van der Waals surface area contributed by atoms with Crippen molar-refractivity contribution in [2.45, 2.75) is 25.8 Å². The van der Waals surface area contributed by atoms with Gasteiger partial charge in [0.1, 0.15) is 11.3 Å². The Kier molecular flexibility index (Phi) is 5.77. The lowest BCUT2D eigenvalue weighted by Gasteiger charge is -2.36. The highest BCUT2D eigenvalue weighted by Crippen LogP contribution is 2.42. The molecule has 0 saturated carbocycles. The highest BCUT2D eigenvalue weighted by molar-refractivity contribution is 6.30. The summed E-state index contributed by atoms with van der Waals surface area (Å²) in [5.74, 6) is 1.38. The molecule has 5 nitrogen and oxygen atoms in total. The second kappa shape index (κ2) is 8.85. The molecule has 0 bridgehead atoms.